The highest BCUT2D eigenvalue weighted by Gasteiger charge is 2.50. The minimum absolute atomic E-state index is 0.00852. The Kier molecular flexibility index (Phi) is 11.0. The van der Waals surface area contributed by atoms with Crippen LogP contribution in [0.1, 0.15) is 53.9 Å². The summed E-state index contributed by atoms with van der Waals surface area (Å²) in [5, 5.41) is 6.03. The zero-order valence-electron chi connectivity index (χ0n) is 22.9. The number of carbonyl (C=O) groups excluding carboxylic acids is 4. The van der Waals surface area contributed by atoms with Crippen molar-refractivity contribution in [3.8, 4) is 0 Å². The van der Waals surface area contributed by atoms with Crippen LogP contribution in [0.3, 0.4) is 0 Å². The van der Waals surface area contributed by atoms with Gasteiger partial charge in [0.2, 0.25) is 5.91 Å². The molecule has 0 aliphatic carbocycles. The fraction of sp³-hybridized carbons (Fsp3) is 0.536. The van der Waals surface area contributed by atoms with Gasteiger partial charge in [0, 0.05) is 6.42 Å². The number of epoxide rings is 1. The van der Waals surface area contributed by atoms with Crippen molar-refractivity contribution in [2.45, 2.75) is 71.3 Å². The molecule has 12 heteroatoms. The fourth-order valence-corrected chi connectivity index (χ4v) is 4.89. The summed E-state index contributed by atoms with van der Waals surface area (Å²) >= 11 is 1.17. The number of ketones is 2. The van der Waals surface area contributed by atoms with Crippen molar-refractivity contribution in [2.75, 3.05) is 13.2 Å². The van der Waals surface area contributed by atoms with Gasteiger partial charge in [-0.2, -0.15) is 8.78 Å². The number of nitrogens with zero attached hydrogens (tertiary/aromatic N) is 1. The standard InChI is InChI=1S/C28H35F2N3O6S/c1-16(2)10-20(32-26(37)23-13-31-17(3)40-23)22(34)12-19(14-38-27(29)30)25(36)33-21(24(35)28(4)15-39-28)11-18-8-6-5-7-9-18/h5-9,13,16,19-21,27H,10-12,14-15H2,1-4H3,(H,32,37)(H,33,36)/t19-,20-,21-,28+/m0/s1. The first-order chi connectivity index (χ1) is 18.9. The molecule has 1 saturated heterocycles. The van der Waals surface area contributed by atoms with E-state index in [1.165, 1.54) is 17.5 Å². The van der Waals surface area contributed by atoms with Gasteiger partial charge in [0.1, 0.15) is 10.5 Å². The van der Waals surface area contributed by atoms with Gasteiger partial charge in [0.15, 0.2) is 11.6 Å². The van der Waals surface area contributed by atoms with E-state index >= 15 is 0 Å². The molecule has 2 aromatic rings. The largest absolute Gasteiger partial charge is 0.361 e. The number of ether oxygens (including phenoxy) is 2. The molecule has 2 heterocycles. The van der Waals surface area contributed by atoms with Gasteiger partial charge in [0.25, 0.3) is 5.91 Å². The number of halogens is 2. The van der Waals surface area contributed by atoms with Gasteiger partial charge in [-0.05, 0) is 38.2 Å². The van der Waals surface area contributed by atoms with Crippen molar-refractivity contribution in [2.24, 2.45) is 11.8 Å². The van der Waals surface area contributed by atoms with Crippen LogP contribution < -0.4 is 10.6 Å². The molecule has 4 atom stereocenters. The molecule has 1 aromatic heterocycles. The van der Waals surface area contributed by atoms with Gasteiger partial charge in [-0.15, -0.1) is 11.3 Å². The zero-order valence-corrected chi connectivity index (χ0v) is 23.8. The van der Waals surface area contributed by atoms with Crippen molar-refractivity contribution in [3.63, 3.8) is 0 Å². The molecule has 1 aromatic carbocycles. The van der Waals surface area contributed by atoms with E-state index in [0.29, 0.717) is 9.88 Å². The van der Waals surface area contributed by atoms with E-state index in [4.69, 9.17) is 4.74 Å². The van der Waals surface area contributed by atoms with Crippen LogP contribution in [0.4, 0.5) is 8.78 Å². The number of hydrogen-bond acceptors (Lipinski definition) is 8. The Bertz CT molecular complexity index is 1190. The smallest absolute Gasteiger partial charge is 0.345 e. The van der Waals surface area contributed by atoms with Crippen molar-refractivity contribution >= 4 is 34.7 Å². The minimum Gasteiger partial charge on any atom is -0.361 e. The number of benzene rings is 1. The van der Waals surface area contributed by atoms with Crippen molar-refractivity contribution in [3.05, 3.63) is 52.0 Å². The zero-order chi connectivity index (χ0) is 29.4. The molecule has 1 aliphatic heterocycles. The van der Waals surface area contributed by atoms with Gasteiger partial charge in [0.05, 0.1) is 42.4 Å². The van der Waals surface area contributed by atoms with Crippen LogP contribution in [-0.4, -0.2) is 65.9 Å². The molecule has 0 saturated carbocycles. The third kappa shape index (κ3) is 9.24. The molecule has 0 spiro atoms. The first-order valence-electron chi connectivity index (χ1n) is 13.1. The molecule has 2 N–H and O–H groups in total. The lowest BCUT2D eigenvalue weighted by Gasteiger charge is -2.25. The monoisotopic (exact) mass is 579 g/mol. The number of amides is 2. The van der Waals surface area contributed by atoms with E-state index in [1.807, 2.05) is 19.9 Å². The molecular formula is C28H35F2N3O6S. The molecule has 9 nitrogen and oxygen atoms in total. The Labute approximate surface area is 236 Å². The number of Topliss-reactive ketones (excluding diaryl/α,β-unsaturated/α-hetero) is 2. The van der Waals surface area contributed by atoms with Crippen LogP contribution in [-0.2, 0) is 30.3 Å². The number of nitrogens with one attached hydrogen (secondary N) is 2. The third-order valence-corrected chi connectivity index (χ3v) is 7.41. The normalized spacial score (nSPS) is 18.7. The number of alkyl halides is 2. The molecular weight excluding hydrogens is 544 g/mol. The second kappa shape index (κ2) is 14.0. The minimum atomic E-state index is -3.16. The van der Waals surface area contributed by atoms with Crippen LogP contribution in [0.5, 0.6) is 0 Å². The molecule has 1 fully saturated rings. The molecule has 0 unspecified atom stereocenters. The summed E-state index contributed by atoms with van der Waals surface area (Å²) in [6, 6.07) is 7.03. The van der Waals surface area contributed by atoms with Gasteiger partial charge >= 0.3 is 6.61 Å². The van der Waals surface area contributed by atoms with Gasteiger partial charge in [-0.1, -0.05) is 44.2 Å². The topological polar surface area (TPSA) is 127 Å². The van der Waals surface area contributed by atoms with E-state index in [1.54, 1.807) is 38.1 Å². The van der Waals surface area contributed by atoms with Crippen LogP contribution in [0.2, 0.25) is 0 Å². The summed E-state index contributed by atoms with van der Waals surface area (Å²) in [5.74, 6) is -3.44. The molecule has 3 rings (SSSR count). The summed E-state index contributed by atoms with van der Waals surface area (Å²) < 4.78 is 35.6. The maximum absolute atomic E-state index is 13.4. The van der Waals surface area contributed by atoms with Crippen LogP contribution >= 0.6 is 11.3 Å². The predicted octanol–water partition coefficient (Wildman–Crippen LogP) is 3.50. The van der Waals surface area contributed by atoms with E-state index in [0.717, 1.165) is 5.56 Å². The highest BCUT2D eigenvalue weighted by molar-refractivity contribution is 7.13. The number of carbonyl (C=O) groups is 4. The lowest BCUT2D eigenvalue weighted by Crippen LogP contribution is -2.50. The number of aromatic nitrogens is 1. The first kappa shape index (κ1) is 31.4. The van der Waals surface area contributed by atoms with Gasteiger partial charge < -0.3 is 20.1 Å². The fourth-order valence-electron chi connectivity index (χ4n) is 4.21. The summed E-state index contributed by atoms with van der Waals surface area (Å²) in [4.78, 5) is 57.0. The van der Waals surface area contributed by atoms with E-state index < -0.39 is 60.8 Å². The van der Waals surface area contributed by atoms with Crippen LogP contribution in [0, 0.1) is 18.8 Å². The SMILES string of the molecule is Cc1ncc(C(=O)N[C@@H](CC(C)C)C(=O)C[C@@H](COC(F)F)C(=O)N[C@@H](Cc2ccccc2)C(=O)[C@@]2(C)CO2)s1. The summed E-state index contributed by atoms with van der Waals surface area (Å²) in [6.07, 6.45) is 1.36. The molecule has 1 aliphatic rings. The summed E-state index contributed by atoms with van der Waals surface area (Å²) in [6.45, 7) is 3.40. The molecule has 218 valence electrons. The molecule has 2 amide bonds. The highest BCUT2D eigenvalue weighted by Crippen LogP contribution is 2.29. The van der Waals surface area contributed by atoms with E-state index in [-0.39, 0.29) is 31.1 Å². The van der Waals surface area contributed by atoms with E-state index in [2.05, 4.69) is 20.4 Å². The van der Waals surface area contributed by atoms with Crippen molar-refractivity contribution in [1.82, 2.24) is 15.6 Å². The van der Waals surface area contributed by atoms with Crippen LogP contribution in [0.15, 0.2) is 36.5 Å². The number of hydrogen-bond donors (Lipinski definition) is 2. The predicted molar refractivity (Wildman–Crippen MR) is 144 cm³/mol. The lowest BCUT2D eigenvalue weighted by molar-refractivity contribution is -0.152. The number of thiazole rings is 1. The Balaban J connectivity index is 1.77. The highest BCUT2D eigenvalue weighted by atomic mass is 32.1. The third-order valence-electron chi connectivity index (χ3n) is 6.50. The maximum Gasteiger partial charge on any atom is 0.345 e. The lowest BCUT2D eigenvalue weighted by atomic mass is 9.91. The number of aryl methyl sites for hydroxylation is 1. The van der Waals surface area contributed by atoms with Crippen molar-refractivity contribution < 1.29 is 37.4 Å². The Morgan fingerprint density at radius 3 is 2.35 bits per heavy atom. The quantitative estimate of drug-likeness (QED) is 0.292. The van der Waals surface area contributed by atoms with Crippen LogP contribution in [0.25, 0.3) is 0 Å². The Morgan fingerprint density at radius 2 is 1.80 bits per heavy atom. The Morgan fingerprint density at radius 1 is 1.12 bits per heavy atom. The second-order valence-electron chi connectivity index (χ2n) is 10.5. The number of rotatable bonds is 16. The van der Waals surface area contributed by atoms with Gasteiger partial charge in [-0.3, -0.25) is 19.2 Å². The molecule has 40 heavy (non-hydrogen) atoms. The van der Waals surface area contributed by atoms with Gasteiger partial charge in [-0.25, -0.2) is 4.98 Å². The second-order valence-corrected chi connectivity index (χ2v) is 11.7. The Hall–Kier alpha value is -3.09. The molecule has 0 bridgehead atoms. The maximum atomic E-state index is 13.4. The van der Waals surface area contributed by atoms with Crippen molar-refractivity contribution in [1.29, 1.82) is 0 Å². The average Bonchev–Trinajstić information content (AvgIpc) is 3.50. The van der Waals surface area contributed by atoms with E-state index in [9.17, 15) is 28.0 Å². The summed E-state index contributed by atoms with van der Waals surface area (Å²) in [5.41, 5.74) is -0.265. The average molecular weight is 580 g/mol. The molecule has 0 radical (unpaired) electrons. The first-order valence-corrected chi connectivity index (χ1v) is 13.9. The summed E-state index contributed by atoms with van der Waals surface area (Å²) in [7, 11) is 0.